The molecule has 0 saturated heterocycles. The van der Waals surface area contributed by atoms with Crippen molar-refractivity contribution in [2.75, 3.05) is 0 Å². The molecule has 0 unspecified atom stereocenters. The van der Waals surface area contributed by atoms with Gasteiger partial charge in [-0.3, -0.25) is 0 Å². The molecule has 2 aromatic rings. The van der Waals surface area contributed by atoms with Gasteiger partial charge in [-0.2, -0.15) is 0 Å². The average molecular weight is 445 g/mol. The fourth-order valence-electron chi connectivity index (χ4n) is 4.22. The first-order valence-corrected chi connectivity index (χ1v) is 12.7. The summed E-state index contributed by atoms with van der Waals surface area (Å²) < 4.78 is 14.9. The van der Waals surface area contributed by atoms with Gasteiger partial charge < -0.3 is 0 Å². The molecule has 0 amide bonds. The molecular weight excluding hydrogens is 415 g/mol. The summed E-state index contributed by atoms with van der Waals surface area (Å²) in [7, 11) is -1.71. The lowest BCUT2D eigenvalue weighted by Crippen LogP contribution is -2.43. The minimum atomic E-state index is -1.71. The van der Waals surface area contributed by atoms with Crippen molar-refractivity contribution < 1.29 is 4.39 Å². The molecule has 0 aromatic heterocycles. The summed E-state index contributed by atoms with van der Waals surface area (Å²) in [5.74, 6) is 3.31. The Bertz CT molecular complexity index is 804. The van der Waals surface area contributed by atoms with Gasteiger partial charge in [0.25, 0.3) is 0 Å². The lowest BCUT2D eigenvalue weighted by atomic mass is 10.0. The van der Waals surface area contributed by atoms with Gasteiger partial charge in [0, 0.05) is 16.5 Å². The third-order valence-corrected chi connectivity index (χ3v) is 12.4. The molecule has 0 atom stereocenters. The van der Waals surface area contributed by atoms with Crippen molar-refractivity contribution in [3.8, 4) is 11.5 Å². The van der Waals surface area contributed by atoms with Crippen LogP contribution in [0.25, 0.3) is 0 Å². The molecule has 0 aliphatic rings. The van der Waals surface area contributed by atoms with Gasteiger partial charge in [-0.15, -0.1) is 5.54 Å². The molecule has 2 aromatic carbocycles. The standard InChI is InChI=1S/C24H30BrFSi/c1-17(2)27(18(3)4,19(5)6)14-13-20-7-9-21(10-8-20)15-22-16-23(25)11-12-24(22)26/h7-12,16-19H,15H2,1-6H3. The summed E-state index contributed by atoms with van der Waals surface area (Å²) in [6.45, 7) is 14.0. The second-order valence-corrected chi connectivity index (χ2v) is 14.8. The molecule has 0 saturated carbocycles. The van der Waals surface area contributed by atoms with E-state index in [1.54, 1.807) is 6.07 Å². The molecule has 0 N–H and O–H groups in total. The molecule has 0 fully saturated rings. The molecule has 0 spiro atoms. The molecule has 0 radical (unpaired) electrons. The average Bonchev–Trinajstić information content (AvgIpc) is 2.59. The van der Waals surface area contributed by atoms with Gasteiger partial charge in [0.2, 0.25) is 0 Å². The van der Waals surface area contributed by atoms with Crippen LogP contribution >= 0.6 is 15.9 Å². The van der Waals surface area contributed by atoms with E-state index in [1.165, 1.54) is 6.07 Å². The van der Waals surface area contributed by atoms with Gasteiger partial charge in [-0.25, -0.2) is 4.39 Å². The van der Waals surface area contributed by atoms with Crippen LogP contribution in [-0.4, -0.2) is 8.07 Å². The van der Waals surface area contributed by atoms with Crippen molar-refractivity contribution in [1.82, 2.24) is 0 Å². The van der Waals surface area contributed by atoms with Gasteiger partial charge in [0.1, 0.15) is 13.9 Å². The van der Waals surface area contributed by atoms with Crippen molar-refractivity contribution in [2.45, 2.75) is 64.6 Å². The normalized spacial score (nSPS) is 11.8. The summed E-state index contributed by atoms with van der Waals surface area (Å²) in [5, 5.41) is 0. The molecule has 0 aliphatic heterocycles. The Kier molecular flexibility index (Phi) is 7.48. The third-order valence-electron chi connectivity index (χ3n) is 5.65. The Hall–Kier alpha value is -1.37. The summed E-state index contributed by atoms with van der Waals surface area (Å²) in [4.78, 5) is 0. The molecule has 0 bridgehead atoms. The van der Waals surface area contributed by atoms with Crippen LogP contribution in [-0.2, 0) is 6.42 Å². The van der Waals surface area contributed by atoms with E-state index in [2.05, 4.69) is 93.2 Å². The molecule has 27 heavy (non-hydrogen) atoms. The highest BCUT2D eigenvalue weighted by atomic mass is 79.9. The fraction of sp³-hybridized carbons (Fsp3) is 0.417. The van der Waals surface area contributed by atoms with E-state index in [9.17, 15) is 4.39 Å². The zero-order valence-corrected chi connectivity index (χ0v) is 19.8. The third kappa shape index (κ3) is 5.12. The van der Waals surface area contributed by atoms with Crippen molar-refractivity contribution in [2.24, 2.45) is 0 Å². The lowest BCUT2D eigenvalue weighted by molar-refractivity contribution is 0.613. The van der Waals surface area contributed by atoms with E-state index in [0.29, 0.717) is 28.6 Å². The van der Waals surface area contributed by atoms with Crippen LogP contribution in [0.15, 0.2) is 46.9 Å². The van der Waals surface area contributed by atoms with E-state index < -0.39 is 8.07 Å². The van der Waals surface area contributed by atoms with Crippen molar-refractivity contribution in [3.63, 3.8) is 0 Å². The summed E-state index contributed by atoms with van der Waals surface area (Å²) >= 11 is 3.41. The van der Waals surface area contributed by atoms with Crippen LogP contribution in [0.4, 0.5) is 4.39 Å². The quantitative estimate of drug-likeness (QED) is 0.326. The molecule has 3 heteroatoms. The number of hydrogen-bond donors (Lipinski definition) is 0. The minimum absolute atomic E-state index is 0.163. The first-order valence-electron chi connectivity index (χ1n) is 9.72. The monoisotopic (exact) mass is 444 g/mol. The maximum absolute atomic E-state index is 14.0. The first kappa shape index (κ1) is 21.9. The molecule has 0 aliphatic carbocycles. The SMILES string of the molecule is CC(C)[Si](C#Cc1ccc(Cc2cc(Br)ccc2F)cc1)(C(C)C)C(C)C. The zero-order chi connectivity index (χ0) is 20.2. The lowest BCUT2D eigenvalue weighted by Gasteiger charge is -2.38. The van der Waals surface area contributed by atoms with Crippen LogP contribution < -0.4 is 0 Å². The van der Waals surface area contributed by atoms with Crippen molar-refractivity contribution in [1.29, 1.82) is 0 Å². The van der Waals surface area contributed by atoms with E-state index in [-0.39, 0.29) is 5.82 Å². The van der Waals surface area contributed by atoms with E-state index in [0.717, 1.165) is 15.6 Å². The molecule has 0 heterocycles. The summed E-state index contributed by atoms with van der Waals surface area (Å²) in [6.07, 6.45) is 0.585. The van der Waals surface area contributed by atoms with Crippen LogP contribution in [0.1, 0.15) is 58.2 Å². The maximum Gasteiger partial charge on any atom is 0.146 e. The Morgan fingerprint density at radius 2 is 1.44 bits per heavy atom. The fourth-order valence-corrected chi connectivity index (χ4v) is 9.85. The molecule has 2 rings (SSSR count). The highest BCUT2D eigenvalue weighted by Gasteiger charge is 2.41. The van der Waals surface area contributed by atoms with Crippen LogP contribution in [0.5, 0.6) is 0 Å². The van der Waals surface area contributed by atoms with Gasteiger partial charge in [0.05, 0.1) is 0 Å². The first-order chi connectivity index (χ1) is 12.7. The largest absolute Gasteiger partial charge is 0.207 e. The number of hydrogen-bond acceptors (Lipinski definition) is 0. The van der Waals surface area contributed by atoms with Crippen LogP contribution in [0.2, 0.25) is 16.6 Å². The van der Waals surface area contributed by atoms with Gasteiger partial charge >= 0.3 is 0 Å². The van der Waals surface area contributed by atoms with Crippen molar-refractivity contribution >= 4 is 24.0 Å². The number of benzene rings is 2. The Balaban J connectivity index is 2.25. The van der Waals surface area contributed by atoms with E-state index in [1.807, 2.05) is 6.07 Å². The second kappa shape index (κ2) is 9.21. The minimum Gasteiger partial charge on any atom is -0.207 e. The van der Waals surface area contributed by atoms with Crippen LogP contribution in [0.3, 0.4) is 0 Å². The number of halogens is 2. The maximum atomic E-state index is 14.0. The highest BCUT2D eigenvalue weighted by molar-refractivity contribution is 9.10. The second-order valence-electron chi connectivity index (χ2n) is 8.26. The number of rotatable bonds is 5. The highest BCUT2D eigenvalue weighted by Crippen LogP contribution is 2.40. The Labute approximate surface area is 173 Å². The zero-order valence-electron chi connectivity index (χ0n) is 17.2. The van der Waals surface area contributed by atoms with E-state index in [4.69, 9.17) is 0 Å². The smallest absolute Gasteiger partial charge is 0.146 e. The van der Waals surface area contributed by atoms with E-state index >= 15 is 0 Å². The molecule has 0 nitrogen and oxygen atoms in total. The van der Waals surface area contributed by atoms with Gasteiger partial charge in [-0.1, -0.05) is 75.5 Å². The molecule has 144 valence electrons. The molecular formula is C24H30BrFSi. The topological polar surface area (TPSA) is 0 Å². The predicted molar refractivity (Wildman–Crippen MR) is 121 cm³/mol. The van der Waals surface area contributed by atoms with Crippen molar-refractivity contribution in [3.05, 3.63) is 69.4 Å². The summed E-state index contributed by atoms with van der Waals surface area (Å²) in [5.41, 5.74) is 8.49. The van der Waals surface area contributed by atoms with Gasteiger partial charge in [-0.05, 0) is 58.1 Å². The van der Waals surface area contributed by atoms with Crippen LogP contribution in [0, 0.1) is 17.3 Å². The van der Waals surface area contributed by atoms with Gasteiger partial charge in [0.15, 0.2) is 0 Å². The Morgan fingerprint density at radius 1 is 0.889 bits per heavy atom. The predicted octanol–water partition coefficient (Wildman–Crippen LogP) is 7.75. The summed E-state index contributed by atoms with van der Waals surface area (Å²) in [6, 6.07) is 13.3. The Morgan fingerprint density at radius 3 is 1.96 bits per heavy atom.